The zero-order valence-electron chi connectivity index (χ0n) is 10.8. The number of amides is 1. The quantitative estimate of drug-likeness (QED) is 0.455. The molecule has 0 radical (unpaired) electrons. The van der Waals surface area contributed by atoms with Crippen molar-refractivity contribution in [3.63, 3.8) is 0 Å². The van der Waals surface area contributed by atoms with Crippen LogP contribution in [0.25, 0.3) is 0 Å². The molecule has 0 aromatic rings. The molecule has 112 valence electrons. The van der Waals surface area contributed by atoms with E-state index in [1.54, 1.807) is 0 Å². The summed E-state index contributed by atoms with van der Waals surface area (Å²) in [6.07, 6.45) is -0.266. The molecule has 1 aliphatic rings. The molecule has 12 nitrogen and oxygen atoms in total. The fourth-order valence-corrected chi connectivity index (χ4v) is 1.63. The number of nitrogens with one attached hydrogen (secondary N) is 2. The Kier molecular flexibility index (Phi) is 4.88. The fraction of sp³-hybridized carbons (Fsp3) is 0.750. The third kappa shape index (κ3) is 3.83. The van der Waals surface area contributed by atoms with Crippen molar-refractivity contribution < 1.29 is 19.5 Å². The van der Waals surface area contributed by atoms with Gasteiger partial charge in [-0.15, -0.1) is 0 Å². The Balaban J connectivity index is 3.02. The summed E-state index contributed by atoms with van der Waals surface area (Å²) in [4.78, 5) is 43.8. The predicted octanol–water partition coefficient (Wildman–Crippen LogP) is -1.74. The zero-order valence-corrected chi connectivity index (χ0v) is 10.8. The van der Waals surface area contributed by atoms with Gasteiger partial charge in [-0.25, -0.2) is 15.1 Å². The third-order valence-electron chi connectivity index (χ3n) is 2.73. The van der Waals surface area contributed by atoms with E-state index in [4.69, 9.17) is 0 Å². The summed E-state index contributed by atoms with van der Waals surface area (Å²) < 4.78 is 0. The highest BCUT2D eigenvalue weighted by Gasteiger charge is 2.37. The first-order chi connectivity index (χ1) is 9.22. The van der Waals surface area contributed by atoms with Gasteiger partial charge in [0.25, 0.3) is 0 Å². The molecule has 12 heteroatoms. The van der Waals surface area contributed by atoms with Crippen LogP contribution in [0, 0.1) is 20.2 Å². The summed E-state index contributed by atoms with van der Waals surface area (Å²) in [5, 5.41) is 21.8. The van der Waals surface area contributed by atoms with Gasteiger partial charge in [-0.3, -0.25) is 19.7 Å². The summed E-state index contributed by atoms with van der Waals surface area (Å²) in [7, 11) is 0. The van der Waals surface area contributed by atoms with Crippen molar-refractivity contribution in [3.8, 4) is 0 Å². The number of carbonyl (C=O) groups excluding carboxylic acids is 2. The Morgan fingerprint density at radius 2 is 1.85 bits per heavy atom. The SMILES string of the molecule is CC(=O)C1CC([N+](=O)[O-])CN(C(C)=O)NN([N+](=O)[O-])N1. The van der Waals surface area contributed by atoms with E-state index in [0.29, 0.717) is 0 Å². The molecule has 1 saturated heterocycles. The Morgan fingerprint density at radius 3 is 2.25 bits per heavy atom. The Bertz CT molecular complexity index is 353. The highest BCUT2D eigenvalue weighted by molar-refractivity contribution is 5.81. The predicted molar refractivity (Wildman–Crippen MR) is 62.4 cm³/mol. The van der Waals surface area contributed by atoms with Crippen LogP contribution in [0.3, 0.4) is 0 Å². The van der Waals surface area contributed by atoms with Crippen LogP contribution in [-0.2, 0) is 9.59 Å². The number of rotatable bonds is 3. The number of hydrazine groups is 4. The number of hydrogen-bond donors (Lipinski definition) is 2. The average Bonchev–Trinajstić information content (AvgIpc) is 2.26. The van der Waals surface area contributed by atoms with Crippen molar-refractivity contribution >= 4 is 11.7 Å². The molecule has 0 aromatic carbocycles. The van der Waals surface area contributed by atoms with E-state index in [1.165, 1.54) is 0 Å². The monoisotopic (exact) mass is 290 g/mol. The smallest absolute Gasteiger partial charge is 0.235 e. The first-order valence-corrected chi connectivity index (χ1v) is 5.61. The molecule has 1 aliphatic heterocycles. The van der Waals surface area contributed by atoms with Gasteiger partial charge in [-0.2, -0.15) is 5.43 Å². The van der Waals surface area contributed by atoms with E-state index in [1.807, 2.05) is 0 Å². The molecule has 0 spiro atoms. The van der Waals surface area contributed by atoms with Crippen molar-refractivity contribution in [1.29, 1.82) is 0 Å². The van der Waals surface area contributed by atoms with Crippen LogP contribution in [0.2, 0.25) is 0 Å². The van der Waals surface area contributed by atoms with E-state index in [0.717, 1.165) is 18.9 Å². The second-order valence-electron chi connectivity index (χ2n) is 4.25. The minimum absolute atomic E-state index is 0.240. The fourth-order valence-electron chi connectivity index (χ4n) is 1.63. The zero-order chi connectivity index (χ0) is 15.4. The second-order valence-corrected chi connectivity index (χ2v) is 4.25. The van der Waals surface area contributed by atoms with Gasteiger partial charge in [-0.1, -0.05) is 5.53 Å². The van der Waals surface area contributed by atoms with Gasteiger partial charge in [0, 0.05) is 23.5 Å². The first-order valence-electron chi connectivity index (χ1n) is 5.61. The Morgan fingerprint density at radius 1 is 1.25 bits per heavy atom. The van der Waals surface area contributed by atoms with E-state index in [9.17, 15) is 29.8 Å². The van der Waals surface area contributed by atoms with Gasteiger partial charge < -0.3 is 0 Å². The average molecular weight is 290 g/mol. The molecule has 2 N–H and O–H groups in total. The van der Waals surface area contributed by atoms with Gasteiger partial charge in [0.15, 0.2) is 5.03 Å². The molecule has 1 heterocycles. The highest BCUT2D eigenvalue weighted by Crippen LogP contribution is 2.09. The van der Waals surface area contributed by atoms with Gasteiger partial charge >= 0.3 is 0 Å². The van der Waals surface area contributed by atoms with Gasteiger partial charge in [-0.05, 0) is 6.92 Å². The van der Waals surface area contributed by atoms with Gasteiger partial charge in [0.05, 0.1) is 6.04 Å². The molecule has 1 amide bonds. The Labute approximate surface area is 112 Å². The number of hydrogen-bond acceptors (Lipinski definition) is 8. The molecule has 0 saturated carbocycles. The number of nitrogens with zero attached hydrogens (tertiary/aromatic N) is 4. The largest absolute Gasteiger partial charge is 0.298 e. The maximum Gasteiger partial charge on any atom is 0.235 e. The van der Waals surface area contributed by atoms with Crippen LogP contribution < -0.4 is 11.0 Å². The minimum atomic E-state index is -1.22. The van der Waals surface area contributed by atoms with Gasteiger partial charge in [0.1, 0.15) is 12.3 Å². The lowest BCUT2D eigenvalue weighted by Crippen LogP contribution is -2.66. The maximum absolute atomic E-state index is 11.4. The molecule has 0 aromatic heterocycles. The summed E-state index contributed by atoms with van der Waals surface area (Å²) in [6.45, 7) is 1.88. The van der Waals surface area contributed by atoms with Crippen LogP contribution >= 0.6 is 0 Å². The molecule has 0 aliphatic carbocycles. The van der Waals surface area contributed by atoms with Crippen molar-refractivity contribution in [2.45, 2.75) is 32.4 Å². The van der Waals surface area contributed by atoms with E-state index in [2.05, 4.69) is 11.0 Å². The number of nitro groups is 2. The molecule has 2 atom stereocenters. The second kappa shape index (κ2) is 6.21. The standard InChI is InChI=1S/C8H14N6O6/c1-5(15)8-3-7(12(17)18)4-11(6(2)16)10-13(9-8)14(19)20/h7-10H,3-4H2,1-2H3. The lowest BCUT2D eigenvalue weighted by molar-refractivity contribution is -0.694. The molecule has 1 fully saturated rings. The van der Waals surface area contributed by atoms with Crippen LogP contribution in [-0.4, -0.2) is 50.5 Å². The molecule has 20 heavy (non-hydrogen) atoms. The van der Waals surface area contributed by atoms with Crippen LogP contribution in [0.1, 0.15) is 20.3 Å². The van der Waals surface area contributed by atoms with Crippen molar-refractivity contribution in [1.82, 2.24) is 21.2 Å². The molecule has 0 bridgehead atoms. The van der Waals surface area contributed by atoms with Crippen molar-refractivity contribution in [2.24, 2.45) is 0 Å². The lowest BCUT2D eigenvalue weighted by atomic mass is 10.0. The van der Waals surface area contributed by atoms with Crippen molar-refractivity contribution in [2.75, 3.05) is 6.54 Å². The van der Waals surface area contributed by atoms with Crippen LogP contribution in [0.5, 0.6) is 0 Å². The van der Waals surface area contributed by atoms with E-state index < -0.39 is 40.3 Å². The molecule has 2 unspecified atom stereocenters. The highest BCUT2D eigenvalue weighted by atomic mass is 16.7. The van der Waals surface area contributed by atoms with Gasteiger partial charge in [0.2, 0.25) is 11.9 Å². The number of carbonyl (C=O) groups is 2. The molecular formula is C8H14N6O6. The van der Waals surface area contributed by atoms with Crippen molar-refractivity contribution in [3.05, 3.63) is 20.2 Å². The van der Waals surface area contributed by atoms with Crippen LogP contribution in [0.15, 0.2) is 0 Å². The lowest BCUT2D eigenvalue weighted by Gasteiger charge is -2.31. The normalized spacial score (nSPS) is 23.7. The molecular weight excluding hydrogens is 276 g/mol. The summed E-state index contributed by atoms with van der Waals surface area (Å²) >= 11 is 0. The Hall–Kier alpha value is -2.34. The third-order valence-corrected chi connectivity index (χ3v) is 2.73. The van der Waals surface area contributed by atoms with E-state index >= 15 is 0 Å². The number of Topliss-reactive ketones (excluding diaryl/α,β-unsaturated/α-hetero) is 1. The first kappa shape index (κ1) is 15.7. The van der Waals surface area contributed by atoms with Crippen LogP contribution in [0.4, 0.5) is 0 Å². The summed E-state index contributed by atoms with van der Waals surface area (Å²) in [5.41, 5.74) is 4.27. The maximum atomic E-state index is 11.4. The van der Waals surface area contributed by atoms with E-state index in [-0.39, 0.29) is 11.6 Å². The molecule has 1 rings (SSSR count). The summed E-state index contributed by atoms with van der Waals surface area (Å²) in [5.74, 6) is -1.12. The topological polar surface area (TPSA) is 151 Å². The number of ketones is 1. The minimum Gasteiger partial charge on any atom is -0.298 e. The summed E-state index contributed by atoms with van der Waals surface area (Å²) in [6, 6.07) is -2.32.